The lowest BCUT2D eigenvalue weighted by atomic mass is 10.6. The quantitative estimate of drug-likeness (QED) is 0.322. The van der Waals surface area contributed by atoms with E-state index in [9.17, 15) is 0 Å². The van der Waals surface area contributed by atoms with E-state index in [1.54, 1.807) is 0 Å². The number of ether oxygens (including phenoxy) is 1. The van der Waals surface area contributed by atoms with Crippen LogP contribution in [0.4, 0.5) is 0 Å². The lowest BCUT2D eigenvalue weighted by Gasteiger charge is -2.11. The van der Waals surface area contributed by atoms with Crippen LogP contribution in [-0.2, 0) is 30.0 Å². The van der Waals surface area contributed by atoms with Crippen LogP contribution < -0.4 is 22.9 Å². The molecule has 0 bridgehead atoms. The van der Waals surface area contributed by atoms with Crippen LogP contribution in [-0.4, -0.2) is 34.9 Å². The Kier molecular flexibility index (Phi) is 19.3. The molecule has 0 aliphatic carbocycles. The molecule has 0 rings (SSSR count). The standard InChI is InChI=1S/C6H12N2OS4.2H3N/c10-5(11)7-1-3-9-4-2-8-6(12)13;;/h1-4H2,(H2,7,10,11)(H2,8,12,13);2*1H3. The Hall–Kier alpha value is 0.100. The van der Waals surface area contributed by atoms with Gasteiger partial charge in [-0.1, -0.05) is 8.64 Å². The van der Waals surface area contributed by atoms with Gasteiger partial charge in [0, 0.05) is 13.1 Å². The topological polar surface area (TPSA) is 106 Å². The van der Waals surface area contributed by atoms with Crippen molar-refractivity contribution in [2.45, 2.75) is 0 Å². The van der Waals surface area contributed by atoms with Crippen molar-refractivity contribution in [1.82, 2.24) is 22.9 Å². The molecule has 0 aliphatic rings. The zero-order valence-corrected chi connectivity index (χ0v) is 12.1. The molecule has 0 fully saturated rings. The molecule has 0 spiro atoms. The second kappa shape index (κ2) is 14.1. The summed E-state index contributed by atoms with van der Waals surface area (Å²) in [6, 6.07) is 0. The first-order chi connectivity index (χ1) is 6.13. The Labute approximate surface area is 112 Å². The molecular formula is C6H18N4OS4. The van der Waals surface area contributed by atoms with Crippen molar-refractivity contribution in [3.63, 3.8) is 0 Å². The number of quaternary nitrogens is 2. The summed E-state index contributed by atoms with van der Waals surface area (Å²) in [4.78, 5) is 0. The van der Waals surface area contributed by atoms with Gasteiger partial charge in [-0.05, 0) is 0 Å². The van der Waals surface area contributed by atoms with Gasteiger partial charge >= 0.3 is 0 Å². The number of hydrogen-bond acceptors (Lipinski definition) is 5. The third-order valence-electron chi connectivity index (χ3n) is 1.03. The van der Waals surface area contributed by atoms with Crippen molar-refractivity contribution in [1.29, 1.82) is 0 Å². The Morgan fingerprint density at radius 2 is 1.27 bits per heavy atom. The molecule has 0 saturated carbocycles. The van der Waals surface area contributed by atoms with Crippen molar-refractivity contribution < 1.29 is 4.74 Å². The molecule has 0 aromatic carbocycles. The minimum absolute atomic E-state index is 0. The highest BCUT2D eigenvalue weighted by atomic mass is 32.1. The SMILES string of the molecule is S=C([S-])NCCOCCNC(=S)[S-].[NH4+].[NH4+]. The first-order valence-electron chi connectivity index (χ1n) is 3.60. The van der Waals surface area contributed by atoms with Crippen molar-refractivity contribution in [2.75, 3.05) is 26.3 Å². The summed E-state index contributed by atoms with van der Waals surface area (Å²) >= 11 is 18.5. The van der Waals surface area contributed by atoms with Gasteiger partial charge in [0.2, 0.25) is 0 Å². The first-order valence-corrected chi connectivity index (χ1v) is 5.23. The predicted molar refractivity (Wildman–Crippen MR) is 78.7 cm³/mol. The summed E-state index contributed by atoms with van der Waals surface area (Å²) in [5, 5.41) is 5.60. The minimum atomic E-state index is 0. The Bertz CT molecular complexity index is 163. The van der Waals surface area contributed by atoms with E-state index in [1.165, 1.54) is 0 Å². The average Bonchev–Trinajstić information content (AvgIpc) is 2.01. The monoisotopic (exact) mass is 290 g/mol. The second-order valence-corrected chi connectivity index (χ2v) is 4.19. The van der Waals surface area contributed by atoms with Crippen LogP contribution in [0.3, 0.4) is 0 Å². The lowest BCUT2D eigenvalue weighted by Crippen LogP contribution is -2.27. The van der Waals surface area contributed by atoms with Crippen LogP contribution in [0.15, 0.2) is 0 Å². The van der Waals surface area contributed by atoms with Crippen LogP contribution in [0.25, 0.3) is 0 Å². The number of thiocarbonyl (C=S) groups is 2. The second-order valence-electron chi connectivity index (χ2n) is 2.04. The molecule has 0 heterocycles. The van der Waals surface area contributed by atoms with Crippen molar-refractivity contribution >= 4 is 58.3 Å². The minimum Gasteiger partial charge on any atom is -0.412 e. The van der Waals surface area contributed by atoms with E-state index in [4.69, 9.17) is 4.74 Å². The highest BCUT2D eigenvalue weighted by Gasteiger charge is 1.86. The van der Waals surface area contributed by atoms with Gasteiger partial charge in [0.05, 0.1) is 13.2 Å². The number of nitrogens with one attached hydrogen (secondary N) is 2. The summed E-state index contributed by atoms with van der Waals surface area (Å²) in [6.07, 6.45) is 0. The molecular weight excluding hydrogens is 272 g/mol. The number of rotatable bonds is 6. The molecule has 0 radical (unpaired) electrons. The van der Waals surface area contributed by atoms with Gasteiger partial charge in [0.1, 0.15) is 0 Å². The van der Waals surface area contributed by atoms with Crippen LogP contribution in [0.5, 0.6) is 0 Å². The van der Waals surface area contributed by atoms with E-state index < -0.39 is 0 Å². The summed E-state index contributed by atoms with van der Waals surface area (Å²) < 4.78 is 5.94. The maximum atomic E-state index is 5.20. The Morgan fingerprint density at radius 3 is 1.53 bits per heavy atom. The highest BCUT2D eigenvalue weighted by Crippen LogP contribution is 1.74. The lowest BCUT2D eigenvalue weighted by molar-refractivity contribution is 0.144. The molecule has 5 nitrogen and oxygen atoms in total. The third-order valence-corrected chi connectivity index (χ3v) is 1.61. The third kappa shape index (κ3) is 20.2. The summed E-state index contributed by atoms with van der Waals surface area (Å²) in [6.45, 7) is 2.42. The summed E-state index contributed by atoms with van der Waals surface area (Å²) in [5.74, 6) is 0. The fourth-order valence-corrected chi connectivity index (χ4v) is 0.961. The summed E-state index contributed by atoms with van der Waals surface area (Å²) in [5.41, 5.74) is 0. The highest BCUT2D eigenvalue weighted by molar-refractivity contribution is 8.00. The smallest absolute Gasteiger partial charge is 0.0639 e. The fourth-order valence-electron chi connectivity index (χ4n) is 0.553. The van der Waals surface area contributed by atoms with E-state index in [1.807, 2.05) is 0 Å². The number of hydrogen-bond donors (Lipinski definition) is 4. The molecule has 92 valence electrons. The molecule has 0 aliphatic heterocycles. The van der Waals surface area contributed by atoms with Crippen molar-refractivity contribution in [2.24, 2.45) is 0 Å². The molecule has 0 aromatic rings. The van der Waals surface area contributed by atoms with E-state index in [2.05, 4.69) is 60.3 Å². The van der Waals surface area contributed by atoms with Crippen LogP contribution in [0.1, 0.15) is 0 Å². The van der Waals surface area contributed by atoms with Gasteiger partial charge in [-0.3, -0.25) is 0 Å². The first kappa shape index (κ1) is 20.5. The summed E-state index contributed by atoms with van der Waals surface area (Å²) in [7, 11) is 0. The molecule has 0 saturated heterocycles. The molecule has 0 unspecified atom stereocenters. The average molecular weight is 291 g/mol. The van der Waals surface area contributed by atoms with E-state index in [0.29, 0.717) is 34.9 Å². The van der Waals surface area contributed by atoms with Gasteiger partial charge in [-0.25, -0.2) is 0 Å². The predicted octanol–water partition coefficient (Wildman–Crippen LogP) is 0.598. The Balaban J connectivity index is -0.000000720. The fraction of sp³-hybridized carbons (Fsp3) is 0.667. The van der Waals surface area contributed by atoms with Gasteiger partial charge in [0.15, 0.2) is 0 Å². The maximum Gasteiger partial charge on any atom is 0.0639 e. The van der Waals surface area contributed by atoms with E-state index in [0.717, 1.165) is 0 Å². The van der Waals surface area contributed by atoms with Crippen LogP contribution >= 0.6 is 24.4 Å². The molecule has 0 aromatic heterocycles. The van der Waals surface area contributed by atoms with Crippen LogP contribution in [0.2, 0.25) is 0 Å². The molecule has 15 heavy (non-hydrogen) atoms. The molecule has 0 atom stereocenters. The van der Waals surface area contributed by atoms with Gasteiger partial charge in [-0.15, -0.1) is 0 Å². The Morgan fingerprint density at radius 1 is 0.933 bits per heavy atom. The van der Waals surface area contributed by atoms with Crippen LogP contribution in [0, 0.1) is 0 Å². The molecule has 10 N–H and O–H groups in total. The maximum absolute atomic E-state index is 5.20. The zero-order chi connectivity index (χ0) is 10.1. The van der Waals surface area contributed by atoms with Gasteiger partial charge < -0.3 is 77.4 Å². The van der Waals surface area contributed by atoms with Gasteiger partial charge in [-0.2, -0.15) is 0 Å². The van der Waals surface area contributed by atoms with E-state index in [-0.39, 0.29) is 12.3 Å². The van der Waals surface area contributed by atoms with Crippen molar-refractivity contribution in [3.8, 4) is 0 Å². The normalized spacial score (nSPS) is 8.00. The van der Waals surface area contributed by atoms with Gasteiger partial charge in [0.25, 0.3) is 0 Å². The zero-order valence-electron chi connectivity index (χ0n) is 8.87. The largest absolute Gasteiger partial charge is 0.412 e. The molecule has 0 amide bonds. The van der Waals surface area contributed by atoms with E-state index >= 15 is 0 Å². The molecule has 9 heteroatoms. The van der Waals surface area contributed by atoms with Crippen molar-refractivity contribution in [3.05, 3.63) is 0 Å².